The Morgan fingerprint density at radius 3 is 2.19 bits per heavy atom. The molecule has 5 heteroatoms. The van der Waals surface area contributed by atoms with E-state index in [0.717, 1.165) is 5.56 Å². The highest BCUT2D eigenvalue weighted by Crippen LogP contribution is 2.35. The highest BCUT2D eigenvalue weighted by molar-refractivity contribution is 6.34. The van der Waals surface area contributed by atoms with Crippen molar-refractivity contribution >= 4 is 17.5 Å². The number of ether oxygens (including phenoxy) is 2. The van der Waals surface area contributed by atoms with Crippen LogP contribution in [0.2, 0.25) is 0 Å². The highest BCUT2D eigenvalue weighted by atomic mass is 16.5. The number of hydrogen-bond donors (Lipinski definition) is 0. The highest BCUT2D eigenvalue weighted by Gasteiger charge is 2.37. The van der Waals surface area contributed by atoms with E-state index in [9.17, 15) is 9.59 Å². The van der Waals surface area contributed by atoms with Crippen LogP contribution in [0.3, 0.4) is 0 Å². The fraction of sp³-hybridized carbons (Fsp3) is 0.0909. The molecule has 4 rings (SSSR count). The molecule has 134 valence electrons. The lowest BCUT2D eigenvalue weighted by atomic mass is 10.1. The van der Waals surface area contributed by atoms with Gasteiger partial charge in [0.25, 0.3) is 11.8 Å². The first-order valence-corrected chi connectivity index (χ1v) is 8.49. The molecule has 0 saturated carbocycles. The Bertz CT molecular complexity index is 1060. The summed E-state index contributed by atoms with van der Waals surface area (Å²) in [6.07, 6.45) is 0. The van der Waals surface area contributed by atoms with E-state index in [1.807, 2.05) is 37.3 Å². The molecule has 1 aliphatic rings. The average molecular weight is 359 g/mol. The molecule has 0 spiro atoms. The second kappa shape index (κ2) is 6.61. The number of benzene rings is 3. The molecule has 1 heterocycles. The average Bonchev–Trinajstić information content (AvgIpc) is 2.93. The van der Waals surface area contributed by atoms with E-state index in [1.54, 1.807) is 43.5 Å². The van der Waals surface area contributed by atoms with E-state index in [4.69, 9.17) is 9.47 Å². The third-order valence-electron chi connectivity index (χ3n) is 4.51. The largest absolute Gasteiger partial charge is 0.493 e. The lowest BCUT2D eigenvalue weighted by molar-refractivity contribution is 0.0926. The van der Waals surface area contributed by atoms with E-state index in [0.29, 0.717) is 34.1 Å². The lowest BCUT2D eigenvalue weighted by Crippen LogP contribution is -2.29. The topological polar surface area (TPSA) is 55.8 Å². The van der Waals surface area contributed by atoms with Gasteiger partial charge in [-0.1, -0.05) is 30.3 Å². The van der Waals surface area contributed by atoms with Crippen LogP contribution in [0.4, 0.5) is 5.69 Å². The Morgan fingerprint density at radius 2 is 1.44 bits per heavy atom. The van der Waals surface area contributed by atoms with Crippen molar-refractivity contribution in [2.75, 3.05) is 12.0 Å². The number of fused-ring (bicyclic) bond motifs is 1. The van der Waals surface area contributed by atoms with Crippen molar-refractivity contribution < 1.29 is 19.1 Å². The van der Waals surface area contributed by atoms with E-state index in [1.165, 1.54) is 4.90 Å². The van der Waals surface area contributed by atoms with Gasteiger partial charge in [0.15, 0.2) is 11.5 Å². The quantitative estimate of drug-likeness (QED) is 0.639. The molecular formula is C22H17NO4. The molecule has 0 N–H and O–H groups in total. The smallest absolute Gasteiger partial charge is 0.266 e. The summed E-state index contributed by atoms with van der Waals surface area (Å²) in [5.74, 6) is 0.906. The Kier molecular flexibility index (Phi) is 4.12. The predicted molar refractivity (Wildman–Crippen MR) is 102 cm³/mol. The summed E-state index contributed by atoms with van der Waals surface area (Å²) in [4.78, 5) is 26.9. The fourth-order valence-corrected chi connectivity index (χ4v) is 3.15. The molecule has 0 aliphatic carbocycles. The van der Waals surface area contributed by atoms with Crippen LogP contribution < -0.4 is 14.4 Å². The zero-order valence-electron chi connectivity index (χ0n) is 14.9. The zero-order valence-corrected chi connectivity index (χ0v) is 14.9. The van der Waals surface area contributed by atoms with Crippen molar-refractivity contribution in [1.82, 2.24) is 0 Å². The van der Waals surface area contributed by atoms with E-state index >= 15 is 0 Å². The Morgan fingerprint density at radius 1 is 0.778 bits per heavy atom. The predicted octanol–water partition coefficient (Wildman–Crippen LogP) is 4.60. The van der Waals surface area contributed by atoms with Gasteiger partial charge in [0.1, 0.15) is 5.75 Å². The number of aryl methyl sites for hydroxylation is 1. The van der Waals surface area contributed by atoms with Gasteiger partial charge >= 0.3 is 0 Å². The number of rotatable bonds is 4. The van der Waals surface area contributed by atoms with Gasteiger partial charge in [0.2, 0.25) is 0 Å². The van der Waals surface area contributed by atoms with Gasteiger partial charge in [-0.15, -0.1) is 0 Å². The molecule has 0 atom stereocenters. The first-order valence-electron chi connectivity index (χ1n) is 8.49. The molecule has 0 saturated heterocycles. The summed E-state index contributed by atoms with van der Waals surface area (Å²) in [5, 5.41) is 0. The number of imide groups is 1. The molecule has 2 amide bonds. The molecule has 0 aromatic heterocycles. The SMILES string of the molecule is COc1ccccc1Oc1ccc2c(c1)C(=O)N(c1ccccc1C)C2=O. The van der Waals surface area contributed by atoms with Gasteiger partial charge in [0.05, 0.1) is 23.9 Å². The number of amides is 2. The van der Waals surface area contributed by atoms with Gasteiger partial charge in [0, 0.05) is 0 Å². The second-order valence-electron chi connectivity index (χ2n) is 6.19. The normalized spacial score (nSPS) is 12.9. The van der Waals surface area contributed by atoms with Gasteiger partial charge in [-0.25, -0.2) is 4.90 Å². The minimum atomic E-state index is -0.352. The van der Waals surface area contributed by atoms with Crippen LogP contribution in [0.25, 0.3) is 0 Å². The van der Waals surface area contributed by atoms with Crippen molar-refractivity contribution in [3.63, 3.8) is 0 Å². The number of nitrogens with zero attached hydrogens (tertiary/aromatic N) is 1. The maximum atomic E-state index is 12.9. The van der Waals surface area contributed by atoms with Gasteiger partial charge < -0.3 is 9.47 Å². The van der Waals surface area contributed by atoms with Crippen LogP contribution in [0, 0.1) is 6.92 Å². The van der Waals surface area contributed by atoms with Crippen LogP contribution >= 0.6 is 0 Å². The first kappa shape index (κ1) is 16.8. The Labute approximate surface area is 156 Å². The molecule has 0 unspecified atom stereocenters. The lowest BCUT2D eigenvalue weighted by Gasteiger charge is -2.16. The number of carbonyl (C=O) groups is 2. The van der Waals surface area contributed by atoms with E-state index in [-0.39, 0.29) is 11.8 Å². The Balaban J connectivity index is 1.70. The molecule has 1 aliphatic heterocycles. The number of hydrogen-bond acceptors (Lipinski definition) is 4. The van der Waals surface area contributed by atoms with Crippen LogP contribution in [-0.4, -0.2) is 18.9 Å². The number of para-hydroxylation sites is 3. The monoisotopic (exact) mass is 359 g/mol. The molecular weight excluding hydrogens is 342 g/mol. The van der Waals surface area contributed by atoms with Crippen molar-refractivity contribution in [2.24, 2.45) is 0 Å². The third kappa shape index (κ3) is 2.83. The van der Waals surface area contributed by atoms with Crippen LogP contribution in [-0.2, 0) is 0 Å². The van der Waals surface area contributed by atoms with Gasteiger partial charge in [-0.05, 0) is 48.9 Å². The van der Waals surface area contributed by atoms with Gasteiger partial charge in [-0.3, -0.25) is 9.59 Å². The molecule has 3 aromatic carbocycles. The summed E-state index contributed by atoms with van der Waals surface area (Å²) >= 11 is 0. The van der Waals surface area contributed by atoms with Crippen molar-refractivity contribution in [3.8, 4) is 17.2 Å². The van der Waals surface area contributed by atoms with Crippen molar-refractivity contribution in [2.45, 2.75) is 6.92 Å². The second-order valence-corrected chi connectivity index (χ2v) is 6.19. The van der Waals surface area contributed by atoms with Gasteiger partial charge in [-0.2, -0.15) is 0 Å². The standard InChI is InChI=1S/C22H17NO4/c1-14-7-3-4-8-18(14)23-21(24)16-12-11-15(13-17(16)22(23)25)27-20-10-6-5-9-19(20)26-2/h3-13H,1-2H3. The molecule has 0 fully saturated rings. The molecule has 3 aromatic rings. The first-order chi connectivity index (χ1) is 13.1. The maximum Gasteiger partial charge on any atom is 0.266 e. The third-order valence-corrected chi connectivity index (χ3v) is 4.51. The summed E-state index contributed by atoms with van der Waals surface area (Å²) in [6.45, 7) is 1.87. The van der Waals surface area contributed by atoms with Crippen LogP contribution in [0.1, 0.15) is 26.3 Å². The molecule has 0 bridgehead atoms. The summed E-state index contributed by atoms with van der Waals surface area (Å²) in [7, 11) is 1.56. The zero-order chi connectivity index (χ0) is 19.0. The number of carbonyl (C=O) groups excluding carboxylic acids is 2. The summed E-state index contributed by atoms with van der Waals surface area (Å²) in [6, 6.07) is 19.5. The Hall–Kier alpha value is -3.60. The molecule has 0 radical (unpaired) electrons. The maximum absolute atomic E-state index is 12.9. The fourth-order valence-electron chi connectivity index (χ4n) is 3.15. The van der Waals surface area contributed by atoms with E-state index < -0.39 is 0 Å². The van der Waals surface area contributed by atoms with E-state index in [2.05, 4.69) is 0 Å². The number of methoxy groups -OCH3 is 1. The molecule has 27 heavy (non-hydrogen) atoms. The minimum absolute atomic E-state index is 0.326. The van der Waals surface area contributed by atoms with Crippen molar-refractivity contribution in [1.29, 1.82) is 0 Å². The van der Waals surface area contributed by atoms with Crippen LogP contribution in [0.5, 0.6) is 17.2 Å². The van der Waals surface area contributed by atoms with Crippen molar-refractivity contribution in [3.05, 3.63) is 83.4 Å². The summed E-state index contributed by atoms with van der Waals surface area (Å²) < 4.78 is 11.1. The summed E-state index contributed by atoms with van der Waals surface area (Å²) in [5.41, 5.74) is 2.15. The minimum Gasteiger partial charge on any atom is -0.493 e. The molecule has 5 nitrogen and oxygen atoms in total. The number of anilines is 1. The van der Waals surface area contributed by atoms with Crippen LogP contribution in [0.15, 0.2) is 66.7 Å².